The molecule has 1 fully saturated rings. The molecule has 130 valence electrons. The van der Waals surface area contributed by atoms with E-state index in [1.807, 2.05) is 5.38 Å². The topological polar surface area (TPSA) is 67.1 Å². The molecule has 1 unspecified atom stereocenters. The molecule has 0 amide bonds. The molecule has 0 spiro atoms. The Labute approximate surface area is 150 Å². The minimum atomic E-state index is 0.142. The second kappa shape index (κ2) is 6.67. The third-order valence-corrected chi connectivity index (χ3v) is 5.46. The van der Waals surface area contributed by atoms with Crippen molar-refractivity contribution < 1.29 is 4.52 Å². The van der Waals surface area contributed by atoms with Gasteiger partial charge in [-0.25, -0.2) is 4.98 Å². The largest absolute Gasteiger partial charge is 0.332 e. The van der Waals surface area contributed by atoms with Crippen molar-refractivity contribution in [3.05, 3.63) is 40.5 Å². The molecule has 1 aliphatic rings. The fourth-order valence-electron chi connectivity index (χ4n) is 3.12. The van der Waals surface area contributed by atoms with Gasteiger partial charge in [0.1, 0.15) is 10.7 Å². The van der Waals surface area contributed by atoms with Crippen molar-refractivity contribution in [3.63, 3.8) is 0 Å². The van der Waals surface area contributed by atoms with Gasteiger partial charge in [0.25, 0.3) is 5.89 Å². The minimum absolute atomic E-state index is 0.142. The number of thiazole rings is 1. The maximum absolute atomic E-state index is 5.48. The number of aromatic nitrogens is 3. The first-order chi connectivity index (χ1) is 12.1. The molecule has 1 aromatic carbocycles. The van der Waals surface area contributed by atoms with Gasteiger partial charge < -0.3 is 9.84 Å². The molecule has 1 aliphatic heterocycles. The zero-order valence-electron chi connectivity index (χ0n) is 14.6. The summed E-state index contributed by atoms with van der Waals surface area (Å²) in [6.45, 7) is 7.01. The molecule has 7 heteroatoms. The van der Waals surface area contributed by atoms with Crippen molar-refractivity contribution in [2.45, 2.75) is 19.9 Å². The van der Waals surface area contributed by atoms with E-state index in [4.69, 9.17) is 9.51 Å². The number of hydrogen-bond donors (Lipinski definition) is 1. The Balaban J connectivity index is 1.60. The molecule has 0 aliphatic carbocycles. The number of hydrogen-bond acceptors (Lipinski definition) is 7. The summed E-state index contributed by atoms with van der Waals surface area (Å²) in [7, 11) is 2.09. The fraction of sp³-hybridized carbons (Fsp3) is 0.389. The van der Waals surface area contributed by atoms with Crippen molar-refractivity contribution >= 4 is 11.3 Å². The lowest BCUT2D eigenvalue weighted by Gasteiger charge is -2.30. The summed E-state index contributed by atoms with van der Waals surface area (Å²) >= 11 is 1.60. The van der Waals surface area contributed by atoms with Gasteiger partial charge in [0.05, 0.1) is 6.04 Å². The van der Waals surface area contributed by atoms with Crippen LogP contribution in [-0.4, -0.2) is 46.7 Å². The monoisotopic (exact) mass is 355 g/mol. The van der Waals surface area contributed by atoms with E-state index >= 15 is 0 Å². The van der Waals surface area contributed by atoms with Crippen LogP contribution in [0.1, 0.15) is 23.0 Å². The molecule has 1 N–H and O–H groups in total. The zero-order chi connectivity index (χ0) is 17.4. The van der Waals surface area contributed by atoms with E-state index in [2.05, 4.69) is 59.5 Å². The first-order valence-electron chi connectivity index (χ1n) is 8.40. The number of piperazine rings is 1. The Bertz CT molecular complexity index is 887. The summed E-state index contributed by atoms with van der Waals surface area (Å²) in [4.78, 5) is 11.5. The van der Waals surface area contributed by atoms with Crippen LogP contribution in [0.15, 0.2) is 28.1 Å². The van der Waals surface area contributed by atoms with Gasteiger partial charge in [0.2, 0.25) is 0 Å². The van der Waals surface area contributed by atoms with E-state index in [1.54, 1.807) is 11.3 Å². The van der Waals surface area contributed by atoms with Crippen LogP contribution in [-0.2, 0) is 0 Å². The van der Waals surface area contributed by atoms with E-state index in [-0.39, 0.29) is 6.04 Å². The highest BCUT2D eigenvalue weighted by Gasteiger charge is 2.26. The number of nitrogens with one attached hydrogen (secondary N) is 1. The Kier molecular flexibility index (Phi) is 4.37. The summed E-state index contributed by atoms with van der Waals surface area (Å²) in [6.07, 6.45) is 0. The van der Waals surface area contributed by atoms with Gasteiger partial charge in [-0.3, -0.25) is 4.90 Å². The molecular weight excluding hydrogens is 334 g/mol. The third kappa shape index (κ3) is 3.22. The summed E-state index contributed by atoms with van der Waals surface area (Å²) in [5, 5.41) is 10.5. The third-order valence-electron chi connectivity index (χ3n) is 4.59. The summed E-state index contributed by atoms with van der Waals surface area (Å²) < 4.78 is 5.48. The van der Waals surface area contributed by atoms with Crippen LogP contribution in [0.25, 0.3) is 22.2 Å². The van der Waals surface area contributed by atoms with Crippen molar-refractivity contribution in [1.82, 2.24) is 25.3 Å². The van der Waals surface area contributed by atoms with Crippen LogP contribution in [0.5, 0.6) is 0 Å². The lowest BCUT2D eigenvalue weighted by Crippen LogP contribution is -2.44. The van der Waals surface area contributed by atoms with Crippen LogP contribution >= 0.6 is 11.3 Å². The number of benzene rings is 1. The molecule has 4 rings (SSSR count). The maximum Gasteiger partial charge on any atom is 0.277 e. The molecule has 2 aromatic heterocycles. The first kappa shape index (κ1) is 16.4. The van der Waals surface area contributed by atoms with Gasteiger partial charge in [-0.15, -0.1) is 11.3 Å². The van der Waals surface area contributed by atoms with Gasteiger partial charge in [-0.05, 0) is 26.5 Å². The van der Waals surface area contributed by atoms with E-state index in [1.165, 1.54) is 11.1 Å². The number of rotatable bonds is 3. The molecule has 3 heterocycles. The smallest absolute Gasteiger partial charge is 0.277 e. The van der Waals surface area contributed by atoms with Gasteiger partial charge >= 0.3 is 0 Å². The molecule has 1 saturated heterocycles. The van der Waals surface area contributed by atoms with E-state index in [0.717, 1.165) is 35.9 Å². The Morgan fingerprint density at radius 1 is 1.28 bits per heavy atom. The minimum Gasteiger partial charge on any atom is -0.332 e. The molecule has 1 atom stereocenters. The highest BCUT2D eigenvalue weighted by Crippen LogP contribution is 2.31. The SMILES string of the molecule is Cc1ccc(-c2nc(-c3nc(C4CNCCN4C)no3)cs2)c(C)c1. The molecule has 25 heavy (non-hydrogen) atoms. The van der Waals surface area contributed by atoms with Crippen LogP contribution in [0.4, 0.5) is 0 Å². The maximum atomic E-state index is 5.48. The highest BCUT2D eigenvalue weighted by atomic mass is 32.1. The van der Waals surface area contributed by atoms with Gasteiger partial charge in [-0.1, -0.05) is 28.9 Å². The molecule has 6 nitrogen and oxygen atoms in total. The van der Waals surface area contributed by atoms with Crippen LogP contribution in [0, 0.1) is 13.8 Å². The van der Waals surface area contributed by atoms with Crippen LogP contribution < -0.4 is 5.32 Å². The van der Waals surface area contributed by atoms with E-state index in [0.29, 0.717) is 11.7 Å². The second-order valence-corrected chi connectivity index (χ2v) is 7.37. The quantitative estimate of drug-likeness (QED) is 0.779. The molecule has 0 saturated carbocycles. The standard InChI is InChI=1S/C18H21N5OS/c1-11-4-5-13(12(2)8-11)18-20-14(10-25-18)17-21-16(22-24-17)15-9-19-6-7-23(15)3/h4-5,8,10,15,19H,6-7,9H2,1-3H3. The van der Waals surface area contributed by atoms with Crippen molar-refractivity contribution in [2.24, 2.45) is 0 Å². The fourth-order valence-corrected chi connectivity index (χ4v) is 4.00. The first-order valence-corrected chi connectivity index (χ1v) is 9.28. The molecule has 0 radical (unpaired) electrons. The normalized spacial score (nSPS) is 18.6. The van der Waals surface area contributed by atoms with Gasteiger partial charge in [0, 0.05) is 30.6 Å². The zero-order valence-corrected chi connectivity index (χ0v) is 15.4. The lowest BCUT2D eigenvalue weighted by atomic mass is 10.1. The van der Waals surface area contributed by atoms with Gasteiger partial charge in [0.15, 0.2) is 5.82 Å². The predicted molar refractivity (Wildman–Crippen MR) is 98.6 cm³/mol. The summed E-state index contributed by atoms with van der Waals surface area (Å²) in [5.74, 6) is 1.20. The van der Waals surface area contributed by atoms with E-state index in [9.17, 15) is 0 Å². The second-order valence-electron chi connectivity index (χ2n) is 6.51. The number of nitrogens with zero attached hydrogens (tertiary/aromatic N) is 4. The van der Waals surface area contributed by atoms with Crippen LogP contribution in [0.3, 0.4) is 0 Å². The molecular formula is C18H21N5OS. The highest BCUT2D eigenvalue weighted by molar-refractivity contribution is 7.13. The van der Waals surface area contributed by atoms with E-state index < -0.39 is 0 Å². The summed E-state index contributed by atoms with van der Waals surface area (Å²) in [5.41, 5.74) is 4.37. The molecule has 0 bridgehead atoms. The Hall–Kier alpha value is -2.09. The van der Waals surface area contributed by atoms with Crippen molar-refractivity contribution in [1.29, 1.82) is 0 Å². The van der Waals surface area contributed by atoms with Crippen molar-refractivity contribution in [2.75, 3.05) is 26.7 Å². The Morgan fingerprint density at radius 3 is 2.96 bits per heavy atom. The number of aryl methyl sites for hydroxylation is 2. The lowest BCUT2D eigenvalue weighted by molar-refractivity contribution is 0.190. The summed E-state index contributed by atoms with van der Waals surface area (Å²) in [6, 6.07) is 6.55. The number of likely N-dealkylation sites (N-methyl/N-ethyl adjacent to an activating group) is 1. The van der Waals surface area contributed by atoms with Crippen LogP contribution in [0.2, 0.25) is 0 Å². The Morgan fingerprint density at radius 2 is 2.16 bits per heavy atom. The predicted octanol–water partition coefficient (Wildman–Crippen LogP) is 3.05. The van der Waals surface area contributed by atoms with Gasteiger partial charge in [-0.2, -0.15) is 4.98 Å². The molecule has 3 aromatic rings. The average molecular weight is 355 g/mol. The van der Waals surface area contributed by atoms with Crippen molar-refractivity contribution in [3.8, 4) is 22.2 Å². The average Bonchev–Trinajstić information content (AvgIpc) is 3.24.